The number of halogens is 2. The van der Waals surface area contributed by atoms with Gasteiger partial charge in [0.1, 0.15) is 11.9 Å². The third-order valence-electron chi connectivity index (χ3n) is 3.89. The van der Waals surface area contributed by atoms with Crippen LogP contribution < -0.4 is 10.1 Å². The Balaban J connectivity index is 1.79. The molecular formula is C17H23F2NO4. The third-order valence-corrected chi connectivity index (χ3v) is 3.89. The molecule has 2 rings (SSSR count). The zero-order valence-electron chi connectivity index (χ0n) is 13.8. The fourth-order valence-corrected chi connectivity index (χ4v) is 2.46. The Morgan fingerprint density at radius 2 is 2.04 bits per heavy atom. The van der Waals surface area contributed by atoms with Gasteiger partial charge in [-0.2, -0.15) is 8.78 Å². The van der Waals surface area contributed by atoms with Crippen LogP contribution in [0.25, 0.3) is 0 Å². The number of ether oxygens (including phenoxy) is 3. The van der Waals surface area contributed by atoms with Crippen LogP contribution in [0.2, 0.25) is 0 Å². The number of hydrogen-bond donors (Lipinski definition) is 1. The quantitative estimate of drug-likeness (QED) is 0.788. The first-order valence-corrected chi connectivity index (χ1v) is 8.04. The normalized spacial score (nSPS) is 20.0. The molecule has 0 aromatic heterocycles. The van der Waals surface area contributed by atoms with E-state index in [2.05, 4.69) is 10.1 Å². The van der Waals surface area contributed by atoms with E-state index in [0.717, 1.165) is 25.0 Å². The highest BCUT2D eigenvalue weighted by atomic mass is 19.3. The highest BCUT2D eigenvalue weighted by Gasteiger charge is 2.21. The maximum absolute atomic E-state index is 12.1. The molecule has 5 nitrogen and oxygen atoms in total. The predicted molar refractivity (Wildman–Crippen MR) is 84.0 cm³/mol. The van der Waals surface area contributed by atoms with Crippen molar-refractivity contribution in [1.82, 2.24) is 5.32 Å². The van der Waals surface area contributed by atoms with Gasteiger partial charge in [-0.25, -0.2) is 0 Å². The van der Waals surface area contributed by atoms with E-state index in [1.165, 1.54) is 12.1 Å². The molecule has 1 N–H and O–H groups in total. The van der Waals surface area contributed by atoms with Gasteiger partial charge in [0.2, 0.25) is 5.91 Å². The summed E-state index contributed by atoms with van der Waals surface area (Å²) in [5.74, 6) is -0.144. The van der Waals surface area contributed by atoms with Gasteiger partial charge in [0.15, 0.2) is 0 Å². The van der Waals surface area contributed by atoms with E-state index in [1.807, 2.05) is 6.92 Å². The fourth-order valence-electron chi connectivity index (χ4n) is 2.46. The summed E-state index contributed by atoms with van der Waals surface area (Å²) in [5.41, 5.74) is 0.788. The van der Waals surface area contributed by atoms with Crippen molar-refractivity contribution in [3.05, 3.63) is 29.8 Å². The molecule has 1 aliphatic rings. The van der Waals surface area contributed by atoms with Crippen molar-refractivity contribution in [2.24, 2.45) is 0 Å². The molecule has 0 aliphatic carbocycles. The van der Waals surface area contributed by atoms with Crippen molar-refractivity contribution in [2.45, 2.75) is 51.6 Å². The van der Waals surface area contributed by atoms with E-state index < -0.39 is 12.7 Å². The topological polar surface area (TPSA) is 56.8 Å². The summed E-state index contributed by atoms with van der Waals surface area (Å²) >= 11 is 0. The Kier molecular flexibility index (Phi) is 6.93. The Hall–Kier alpha value is -1.73. The summed E-state index contributed by atoms with van der Waals surface area (Å²) in [6.45, 7) is 1.80. The molecule has 0 radical (unpaired) electrons. The van der Waals surface area contributed by atoms with Gasteiger partial charge in [0.25, 0.3) is 0 Å². The Morgan fingerprint density at radius 1 is 1.33 bits per heavy atom. The first-order chi connectivity index (χ1) is 11.5. The van der Waals surface area contributed by atoms with Crippen LogP contribution >= 0.6 is 0 Å². The summed E-state index contributed by atoms with van der Waals surface area (Å²) in [5, 5.41) is 2.84. The minimum absolute atomic E-state index is 0.0695. The van der Waals surface area contributed by atoms with Crippen LogP contribution in [0.4, 0.5) is 8.78 Å². The third kappa shape index (κ3) is 5.72. The van der Waals surface area contributed by atoms with Crippen molar-refractivity contribution in [3.8, 4) is 5.75 Å². The molecule has 1 aromatic rings. The van der Waals surface area contributed by atoms with E-state index in [9.17, 15) is 13.6 Å². The van der Waals surface area contributed by atoms with E-state index >= 15 is 0 Å². The van der Waals surface area contributed by atoms with E-state index in [1.54, 1.807) is 19.1 Å². The van der Waals surface area contributed by atoms with Gasteiger partial charge in [-0.15, -0.1) is 0 Å². The number of rotatable bonds is 8. The molecule has 134 valence electrons. The summed E-state index contributed by atoms with van der Waals surface area (Å²) in [6, 6.07) is 5.90. The average Bonchev–Trinajstić information content (AvgIpc) is 3.06. The van der Waals surface area contributed by atoms with Crippen LogP contribution in [-0.2, 0) is 14.3 Å². The molecule has 1 saturated heterocycles. The largest absolute Gasteiger partial charge is 0.435 e. The smallest absolute Gasteiger partial charge is 0.387 e. The van der Waals surface area contributed by atoms with Gasteiger partial charge in [0.05, 0.1) is 18.8 Å². The summed E-state index contributed by atoms with van der Waals surface area (Å²) in [7, 11) is 0. The van der Waals surface area contributed by atoms with Gasteiger partial charge < -0.3 is 19.5 Å². The lowest BCUT2D eigenvalue weighted by Gasteiger charge is -2.20. The van der Waals surface area contributed by atoms with Crippen LogP contribution in [0.1, 0.15) is 38.3 Å². The molecular weight excluding hydrogens is 320 g/mol. The summed E-state index contributed by atoms with van der Waals surface area (Å²) < 4.78 is 39.5. The number of carbonyl (C=O) groups is 1. The van der Waals surface area contributed by atoms with Crippen LogP contribution in [-0.4, -0.2) is 37.9 Å². The van der Waals surface area contributed by atoms with Crippen LogP contribution in [0, 0.1) is 0 Å². The molecule has 1 heterocycles. The monoisotopic (exact) mass is 343 g/mol. The second-order valence-electron chi connectivity index (χ2n) is 5.79. The molecule has 1 aromatic carbocycles. The summed E-state index contributed by atoms with van der Waals surface area (Å²) in [6.07, 6.45) is 1.47. The number of benzene rings is 1. The number of carbonyl (C=O) groups excluding carboxylic acids is 1. The summed E-state index contributed by atoms with van der Waals surface area (Å²) in [4.78, 5) is 12.1. The highest BCUT2D eigenvalue weighted by Crippen LogP contribution is 2.19. The molecule has 1 amide bonds. The van der Waals surface area contributed by atoms with E-state index in [-0.39, 0.29) is 23.8 Å². The van der Waals surface area contributed by atoms with Gasteiger partial charge in [-0.3, -0.25) is 4.79 Å². The molecule has 0 spiro atoms. The minimum Gasteiger partial charge on any atom is -0.435 e. The lowest BCUT2D eigenvalue weighted by molar-refractivity contribution is -0.134. The minimum atomic E-state index is -2.85. The SMILES string of the molecule is C[C@H](OC[C@@H]1CCCO1)C(=O)N[C@H](C)c1ccc(OC(F)F)cc1. The number of hydrogen-bond acceptors (Lipinski definition) is 4. The van der Waals surface area contributed by atoms with Crippen LogP contribution in [0.5, 0.6) is 5.75 Å². The number of alkyl halides is 2. The zero-order valence-corrected chi connectivity index (χ0v) is 13.8. The van der Waals surface area contributed by atoms with Crippen molar-refractivity contribution in [2.75, 3.05) is 13.2 Å². The lowest BCUT2D eigenvalue weighted by Crippen LogP contribution is -2.37. The fraction of sp³-hybridized carbons (Fsp3) is 0.588. The van der Waals surface area contributed by atoms with Crippen molar-refractivity contribution >= 4 is 5.91 Å². The molecule has 7 heteroatoms. The van der Waals surface area contributed by atoms with Gasteiger partial charge in [-0.1, -0.05) is 12.1 Å². The zero-order chi connectivity index (χ0) is 17.5. The highest BCUT2D eigenvalue weighted by molar-refractivity contribution is 5.80. The van der Waals surface area contributed by atoms with Crippen molar-refractivity contribution in [3.63, 3.8) is 0 Å². The molecule has 1 aliphatic heterocycles. The van der Waals surface area contributed by atoms with Gasteiger partial charge >= 0.3 is 6.61 Å². The standard InChI is InChI=1S/C17H23F2NO4/c1-11(13-5-7-14(8-6-13)24-17(18)19)20-16(21)12(2)23-10-15-4-3-9-22-15/h5-8,11-12,15,17H,3-4,9-10H2,1-2H3,(H,20,21)/t11-,12+,15+/m1/s1. The maximum Gasteiger partial charge on any atom is 0.387 e. The second kappa shape index (κ2) is 8.94. The molecule has 0 unspecified atom stereocenters. The molecule has 24 heavy (non-hydrogen) atoms. The first-order valence-electron chi connectivity index (χ1n) is 8.04. The molecule has 0 bridgehead atoms. The van der Waals surface area contributed by atoms with Crippen LogP contribution in [0.3, 0.4) is 0 Å². The lowest BCUT2D eigenvalue weighted by atomic mass is 10.1. The van der Waals surface area contributed by atoms with E-state index in [0.29, 0.717) is 6.61 Å². The average molecular weight is 343 g/mol. The predicted octanol–water partition coefficient (Wildman–Crippen LogP) is 3.05. The molecule has 0 saturated carbocycles. The van der Waals surface area contributed by atoms with Gasteiger partial charge in [0, 0.05) is 6.61 Å². The Morgan fingerprint density at radius 3 is 2.62 bits per heavy atom. The molecule has 1 fully saturated rings. The Bertz CT molecular complexity index is 518. The second-order valence-corrected chi connectivity index (χ2v) is 5.79. The van der Waals surface area contributed by atoms with E-state index in [4.69, 9.17) is 9.47 Å². The van der Waals surface area contributed by atoms with Crippen molar-refractivity contribution in [1.29, 1.82) is 0 Å². The Labute approximate surface area is 140 Å². The first kappa shape index (κ1) is 18.6. The molecule has 3 atom stereocenters. The van der Waals surface area contributed by atoms with Gasteiger partial charge in [-0.05, 0) is 44.4 Å². The number of amides is 1. The van der Waals surface area contributed by atoms with Crippen LogP contribution in [0.15, 0.2) is 24.3 Å². The number of nitrogens with one attached hydrogen (secondary N) is 1. The van der Waals surface area contributed by atoms with Crippen molar-refractivity contribution < 1.29 is 27.8 Å². The maximum atomic E-state index is 12.1.